The van der Waals surface area contributed by atoms with Crippen LogP contribution in [0.25, 0.3) is 0 Å². The Morgan fingerprint density at radius 2 is 2.27 bits per heavy atom. The number of hydrogen-bond acceptors (Lipinski definition) is 3. The van der Waals surface area contributed by atoms with Crippen molar-refractivity contribution in [2.24, 2.45) is 0 Å². The van der Waals surface area contributed by atoms with Gasteiger partial charge >= 0.3 is 5.97 Å². The zero-order valence-electron chi connectivity index (χ0n) is 8.09. The number of nitrogens with zero attached hydrogens (tertiary/aromatic N) is 1. The molecule has 0 radical (unpaired) electrons. The topological polar surface area (TPSA) is 49.8 Å². The van der Waals surface area contributed by atoms with Gasteiger partial charge in [-0.1, -0.05) is 12.1 Å². The molecule has 0 aliphatic carbocycles. The van der Waals surface area contributed by atoms with Crippen LogP contribution in [0.3, 0.4) is 0 Å². The van der Waals surface area contributed by atoms with Crippen molar-refractivity contribution in [3.63, 3.8) is 0 Å². The minimum atomic E-state index is -0.847. The van der Waals surface area contributed by atoms with Crippen molar-refractivity contribution in [1.82, 2.24) is 0 Å². The summed E-state index contributed by atoms with van der Waals surface area (Å²) in [6.07, 6.45) is 3.38. The predicted octanol–water partition coefficient (Wildman–Crippen LogP) is 1.48. The highest BCUT2D eigenvalue weighted by Gasteiger charge is 2.15. The quantitative estimate of drug-likeness (QED) is 0.794. The minimum Gasteiger partial charge on any atom is -0.480 e. The molecule has 0 amide bonds. The van der Waals surface area contributed by atoms with Crippen LogP contribution in [0.5, 0.6) is 5.75 Å². The molecule has 4 heteroatoms. The van der Waals surface area contributed by atoms with Crippen LogP contribution in [0, 0.1) is 0 Å². The first kappa shape index (κ1) is 9.58. The average molecular weight is 205 g/mol. The highest BCUT2D eigenvalue weighted by molar-refractivity contribution is 5.75. The first-order chi connectivity index (χ1) is 7.27. The Morgan fingerprint density at radius 1 is 1.47 bits per heavy atom. The molecule has 0 spiro atoms. The molecular formula is C11H11NO3. The Morgan fingerprint density at radius 3 is 3.07 bits per heavy atom. The molecule has 0 unspecified atom stereocenters. The number of hydrogen-bond donors (Lipinski definition) is 1. The van der Waals surface area contributed by atoms with E-state index in [4.69, 9.17) is 9.84 Å². The van der Waals surface area contributed by atoms with Crippen LogP contribution in [0.1, 0.15) is 0 Å². The van der Waals surface area contributed by atoms with Crippen LogP contribution >= 0.6 is 0 Å². The van der Waals surface area contributed by atoms with E-state index in [-0.39, 0.29) is 6.54 Å². The van der Waals surface area contributed by atoms with Gasteiger partial charge in [-0.15, -0.1) is 0 Å². The third-order valence-electron chi connectivity index (χ3n) is 2.15. The predicted molar refractivity (Wildman–Crippen MR) is 56.1 cm³/mol. The van der Waals surface area contributed by atoms with E-state index < -0.39 is 5.97 Å². The van der Waals surface area contributed by atoms with Crippen molar-refractivity contribution in [3.05, 3.63) is 36.6 Å². The monoisotopic (exact) mass is 205 g/mol. The number of fused-ring (bicyclic) bond motifs is 1. The molecule has 0 saturated heterocycles. The Bertz CT molecular complexity index is 401. The molecule has 2 rings (SSSR count). The molecule has 0 saturated carbocycles. The molecule has 1 aromatic rings. The molecule has 0 fully saturated rings. The van der Waals surface area contributed by atoms with E-state index in [1.54, 1.807) is 17.2 Å². The average Bonchev–Trinajstić information content (AvgIpc) is 2.41. The standard InChI is InChI=1S/C11H11NO3/c13-11(14)8-12-6-3-7-15-10-5-2-1-4-9(10)12/h1-5,7H,6,8H2,(H,13,14). The summed E-state index contributed by atoms with van der Waals surface area (Å²) in [5.41, 5.74) is 0.810. The van der Waals surface area contributed by atoms with Crippen molar-refractivity contribution in [3.8, 4) is 5.75 Å². The molecule has 4 nitrogen and oxygen atoms in total. The van der Waals surface area contributed by atoms with Gasteiger partial charge in [0.1, 0.15) is 12.3 Å². The molecule has 1 N–H and O–H groups in total. The fraction of sp³-hybridized carbons (Fsp3) is 0.182. The number of para-hydroxylation sites is 2. The summed E-state index contributed by atoms with van der Waals surface area (Å²) >= 11 is 0. The van der Waals surface area contributed by atoms with Crippen LogP contribution < -0.4 is 9.64 Å². The SMILES string of the molecule is O=C(O)CN1CC=COc2ccccc21. The normalized spacial score (nSPS) is 14.0. The summed E-state index contributed by atoms with van der Waals surface area (Å²) in [6, 6.07) is 7.39. The number of ether oxygens (including phenoxy) is 1. The van der Waals surface area contributed by atoms with E-state index in [9.17, 15) is 4.79 Å². The molecular weight excluding hydrogens is 194 g/mol. The number of anilines is 1. The zero-order valence-corrected chi connectivity index (χ0v) is 8.09. The van der Waals surface area contributed by atoms with Crippen LogP contribution in [0.2, 0.25) is 0 Å². The van der Waals surface area contributed by atoms with Crippen LogP contribution in [0.4, 0.5) is 5.69 Å². The smallest absolute Gasteiger partial charge is 0.323 e. The first-order valence-corrected chi connectivity index (χ1v) is 4.65. The molecule has 1 aliphatic heterocycles. The Hall–Kier alpha value is -1.97. The highest BCUT2D eigenvalue weighted by atomic mass is 16.5. The molecule has 0 atom stereocenters. The number of carboxylic acid groups (broad SMARTS) is 1. The van der Waals surface area contributed by atoms with Gasteiger partial charge in [0, 0.05) is 6.54 Å². The number of carbonyl (C=O) groups is 1. The van der Waals surface area contributed by atoms with Crippen LogP contribution in [-0.2, 0) is 4.79 Å². The maximum absolute atomic E-state index is 10.7. The van der Waals surface area contributed by atoms with Gasteiger partial charge in [-0.25, -0.2) is 0 Å². The number of carboxylic acids is 1. The van der Waals surface area contributed by atoms with E-state index in [0.29, 0.717) is 12.3 Å². The minimum absolute atomic E-state index is 0.0231. The summed E-state index contributed by atoms with van der Waals surface area (Å²) in [7, 11) is 0. The van der Waals surface area contributed by atoms with E-state index in [0.717, 1.165) is 5.69 Å². The van der Waals surface area contributed by atoms with Crippen molar-refractivity contribution >= 4 is 11.7 Å². The fourth-order valence-corrected chi connectivity index (χ4v) is 1.52. The van der Waals surface area contributed by atoms with E-state index >= 15 is 0 Å². The van der Waals surface area contributed by atoms with Gasteiger partial charge in [-0.2, -0.15) is 0 Å². The fourth-order valence-electron chi connectivity index (χ4n) is 1.52. The molecule has 0 bridgehead atoms. The molecule has 1 aliphatic rings. The Kier molecular flexibility index (Phi) is 2.58. The lowest BCUT2D eigenvalue weighted by atomic mass is 10.2. The van der Waals surface area contributed by atoms with Gasteiger partial charge < -0.3 is 14.7 Å². The summed E-state index contributed by atoms with van der Waals surface area (Å²) in [5, 5.41) is 8.78. The highest BCUT2D eigenvalue weighted by Crippen LogP contribution is 2.29. The second-order valence-corrected chi connectivity index (χ2v) is 3.23. The third kappa shape index (κ3) is 2.10. The van der Waals surface area contributed by atoms with Crippen molar-refractivity contribution < 1.29 is 14.6 Å². The van der Waals surface area contributed by atoms with Gasteiger partial charge in [0.2, 0.25) is 0 Å². The first-order valence-electron chi connectivity index (χ1n) is 4.65. The van der Waals surface area contributed by atoms with Crippen LogP contribution in [0.15, 0.2) is 36.6 Å². The van der Waals surface area contributed by atoms with Crippen molar-refractivity contribution in [1.29, 1.82) is 0 Å². The Labute approximate surface area is 87.4 Å². The summed E-state index contributed by atoms with van der Waals surface area (Å²) < 4.78 is 5.35. The molecule has 78 valence electrons. The maximum atomic E-state index is 10.7. The zero-order chi connectivity index (χ0) is 10.7. The van der Waals surface area contributed by atoms with E-state index in [1.165, 1.54) is 0 Å². The second-order valence-electron chi connectivity index (χ2n) is 3.23. The molecule has 1 aromatic carbocycles. The summed E-state index contributed by atoms with van der Waals surface area (Å²) in [6.45, 7) is 0.522. The lowest BCUT2D eigenvalue weighted by Gasteiger charge is -2.20. The molecule has 15 heavy (non-hydrogen) atoms. The number of aliphatic carboxylic acids is 1. The van der Waals surface area contributed by atoms with Crippen molar-refractivity contribution in [2.75, 3.05) is 18.0 Å². The molecule has 0 aromatic heterocycles. The summed E-state index contributed by atoms with van der Waals surface area (Å²) in [5.74, 6) is -0.160. The lowest BCUT2D eigenvalue weighted by Crippen LogP contribution is -2.29. The van der Waals surface area contributed by atoms with E-state index in [1.807, 2.05) is 24.3 Å². The van der Waals surface area contributed by atoms with Gasteiger partial charge in [0.25, 0.3) is 0 Å². The second kappa shape index (κ2) is 4.04. The van der Waals surface area contributed by atoms with Gasteiger partial charge in [-0.05, 0) is 18.2 Å². The number of benzene rings is 1. The van der Waals surface area contributed by atoms with Gasteiger partial charge in [-0.3, -0.25) is 4.79 Å². The largest absolute Gasteiger partial charge is 0.480 e. The van der Waals surface area contributed by atoms with Gasteiger partial charge in [0.15, 0.2) is 0 Å². The summed E-state index contributed by atoms with van der Waals surface area (Å²) in [4.78, 5) is 12.4. The van der Waals surface area contributed by atoms with E-state index in [2.05, 4.69) is 0 Å². The van der Waals surface area contributed by atoms with Gasteiger partial charge in [0.05, 0.1) is 11.9 Å². The van der Waals surface area contributed by atoms with Crippen LogP contribution in [-0.4, -0.2) is 24.2 Å². The maximum Gasteiger partial charge on any atom is 0.323 e. The third-order valence-corrected chi connectivity index (χ3v) is 2.15. The molecule has 1 heterocycles. The Balaban J connectivity index is 2.32. The number of rotatable bonds is 2. The lowest BCUT2D eigenvalue weighted by molar-refractivity contribution is -0.135. The van der Waals surface area contributed by atoms with Crippen molar-refractivity contribution in [2.45, 2.75) is 0 Å².